The van der Waals surface area contributed by atoms with Gasteiger partial charge in [0.15, 0.2) is 5.96 Å². The predicted molar refractivity (Wildman–Crippen MR) is 97.4 cm³/mol. The monoisotopic (exact) mass is 352 g/mol. The van der Waals surface area contributed by atoms with E-state index in [2.05, 4.69) is 36.0 Å². The summed E-state index contributed by atoms with van der Waals surface area (Å²) in [6.07, 6.45) is 3.84. The first kappa shape index (κ1) is 18.7. The standard InChI is InChI=1S/C17H28N4O2S/c1-5-13-9-20-15(24-13)7-8-19-17(18-6-2)21-10-12(3)14(11-21)16(22)23-4/h9,12,14H,5-8,10-11H2,1-4H3,(H,18,19). The maximum Gasteiger partial charge on any atom is 0.310 e. The Bertz CT molecular complexity index is 573. The fourth-order valence-electron chi connectivity index (χ4n) is 2.91. The SMILES string of the molecule is CCNC(=NCCc1ncc(CC)s1)N1CC(C)C(C(=O)OC)C1. The number of thiazole rings is 1. The summed E-state index contributed by atoms with van der Waals surface area (Å²) >= 11 is 1.76. The van der Waals surface area contributed by atoms with Crippen LogP contribution < -0.4 is 5.32 Å². The van der Waals surface area contributed by atoms with Crippen LogP contribution in [0.15, 0.2) is 11.2 Å². The van der Waals surface area contributed by atoms with Crippen LogP contribution in [0.3, 0.4) is 0 Å². The number of rotatable bonds is 6. The van der Waals surface area contributed by atoms with E-state index < -0.39 is 0 Å². The Labute approximate surface area is 148 Å². The Morgan fingerprint density at radius 1 is 1.50 bits per heavy atom. The lowest BCUT2D eigenvalue weighted by atomic mass is 9.99. The van der Waals surface area contributed by atoms with E-state index in [0.29, 0.717) is 13.1 Å². The van der Waals surface area contributed by atoms with Crippen LogP contribution in [0, 0.1) is 11.8 Å². The molecular formula is C17H28N4O2S. The second-order valence-electron chi connectivity index (χ2n) is 6.07. The number of aryl methyl sites for hydroxylation is 1. The minimum Gasteiger partial charge on any atom is -0.469 e. The molecule has 0 bridgehead atoms. The van der Waals surface area contributed by atoms with Gasteiger partial charge in [-0.3, -0.25) is 9.79 Å². The highest BCUT2D eigenvalue weighted by Gasteiger charge is 2.36. The number of nitrogens with zero attached hydrogens (tertiary/aromatic N) is 3. The van der Waals surface area contributed by atoms with E-state index in [4.69, 9.17) is 9.73 Å². The number of carbonyl (C=O) groups is 1. The summed E-state index contributed by atoms with van der Waals surface area (Å²) in [6, 6.07) is 0. The highest BCUT2D eigenvalue weighted by molar-refractivity contribution is 7.11. The van der Waals surface area contributed by atoms with Gasteiger partial charge in [0.2, 0.25) is 0 Å². The molecule has 2 heterocycles. The van der Waals surface area contributed by atoms with E-state index in [1.807, 2.05) is 6.20 Å². The van der Waals surface area contributed by atoms with Gasteiger partial charge in [0, 0.05) is 43.7 Å². The van der Waals surface area contributed by atoms with Gasteiger partial charge in [-0.2, -0.15) is 0 Å². The number of ether oxygens (including phenoxy) is 1. The van der Waals surface area contributed by atoms with E-state index in [1.165, 1.54) is 12.0 Å². The van der Waals surface area contributed by atoms with Gasteiger partial charge in [0.05, 0.1) is 18.0 Å². The Morgan fingerprint density at radius 3 is 2.92 bits per heavy atom. The molecule has 1 aromatic rings. The molecule has 2 atom stereocenters. The molecule has 1 N–H and O–H groups in total. The molecule has 2 rings (SSSR count). The molecule has 6 nitrogen and oxygen atoms in total. The van der Waals surface area contributed by atoms with E-state index >= 15 is 0 Å². The third-order valence-electron chi connectivity index (χ3n) is 4.29. The first-order valence-corrected chi connectivity index (χ1v) is 9.45. The van der Waals surface area contributed by atoms with E-state index in [9.17, 15) is 4.79 Å². The molecule has 0 radical (unpaired) electrons. The molecule has 24 heavy (non-hydrogen) atoms. The largest absolute Gasteiger partial charge is 0.469 e. The van der Waals surface area contributed by atoms with Crippen LogP contribution in [0.1, 0.15) is 30.7 Å². The topological polar surface area (TPSA) is 66.8 Å². The fraction of sp³-hybridized carbons (Fsp3) is 0.706. The van der Waals surface area contributed by atoms with Crippen LogP contribution in [0.4, 0.5) is 0 Å². The van der Waals surface area contributed by atoms with Gasteiger partial charge in [0.1, 0.15) is 0 Å². The third kappa shape index (κ3) is 4.69. The van der Waals surface area contributed by atoms with Crippen molar-refractivity contribution in [1.82, 2.24) is 15.2 Å². The Balaban J connectivity index is 1.96. The van der Waals surface area contributed by atoms with Crippen molar-refractivity contribution in [1.29, 1.82) is 0 Å². The second-order valence-corrected chi connectivity index (χ2v) is 7.27. The van der Waals surface area contributed by atoms with E-state index in [1.54, 1.807) is 11.3 Å². The van der Waals surface area contributed by atoms with E-state index in [-0.39, 0.29) is 17.8 Å². The summed E-state index contributed by atoms with van der Waals surface area (Å²) in [7, 11) is 1.45. The zero-order valence-corrected chi connectivity index (χ0v) is 15.9. The lowest BCUT2D eigenvalue weighted by Crippen LogP contribution is -2.40. The van der Waals surface area contributed by atoms with Crippen molar-refractivity contribution in [3.8, 4) is 0 Å². The van der Waals surface area contributed by atoms with Gasteiger partial charge in [-0.15, -0.1) is 11.3 Å². The van der Waals surface area contributed by atoms with Gasteiger partial charge >= 0.3 is 5.97 Å². The van der Waals surface area contributed by atoms with Crippen molar-refractivity contribution in [2.75, 3.05) is 33.3 Å². The van der Waals surface area contributed by atoms with Crippen molar-refractivity contribution < 1.29 is 9.53 Å². The van der Waals surface area contributed by atoms with Crippen molar-refractivity contribution >= 4 is 23.3 Å². The number of methoxy groups -OCH3 is 1. The number of hydrogen-bond donors (Lipinski definition) is 1. The highest BCUT2D eigenvalue weighted by Crippen LogP contribution is 2.24. The molecular weight excluding hydrogens is 324 g/mol. The lowest BCUT2D eigenvalue weighted by Gasteiger charge is -2.21. The summed E-state index contributed by atoms with van der Waals surface area (Å²) in [6.45, 7) is 9.29. The summed E-state index contributed by atoms with van der Waals surface area (Å²) in [5, 5.41) is 4.47. The summed E-state index contributed by atoms with van der Waals surface area (Å²) in [4.78, 5) is 24.5. The Morgan fingerprint density at radius 2 is 2.29 bits per heavy atom. The second kappa shape index (κ2) is 9.01. The smallest absolute Gasteiger partial charge is 0.310 e. The van der Waals surface area contributed by atoms with Crippen LogP contribution >= 0.6 is 11.3 Å². The number of likely N-dealkylation sites (tertiary alicyclic amines) is 1. The first-order chi connectivity index (χ1) is 11.6. The number of guanidine groups is 1. The molecule has 134 valence electrons. The first-order valence-electron chi connectivity index (χ1n) is 8.63. The van der Waals surface area contributed by atoms with Crippen molar-refractivity contribution in [3.63, 3.8) is 0 Å². The van der Waals surface area contributed by atoms with Gasteiger partial charge in [-0.25, -0.2) is 4.98 Å². The molecule has 2 unspecified atom stereocenters. The molecule has 0 aliphatic carbocycles. The number of hydrogen-bond acceptors (Lipinski definition) is 5. The van der Waals surface area contributed by atoms with Crippen molar-refractivity contribution in [2.45, 2.75) is 33.6 Å². The molecule has 0 saturated carbocycles. The Kier molecular flexibility index (Phi) is 7.02. The lowest BCUT2D eigenvalue weighted by molar-refractivity contribution is -0.145. The number of aromatic nitrogens is 1. The van der Waals surface area contributed by atoms with Gasteiger partial charge in [-0.05, 0) is 19.3 Å². The molecule has 0 spiro atoms. The van der Waals surface area contributed by atoms with Gasteiger partial charge in [-0.1, -0.05) is 13.8 Å². The quantitative estimate of drug-likeness (QED) is 0.482. The molecule has 1 saturated heterocycles. The van der Waals surface area contributed by atoms with Crippen LogP contribution in [0.25, 0.3) is 0 Å². The van der Waals surface area contributed by atoms with Gasteiger partial charge < -0.3 is 15.0 Å². The van der Waals surface area contributed by atoms with Crippen LogP contribution in [0.5, 0.6) is 0 Å². The molecule has 0 aromatic carbocycles. The summed E-state index contributed by atoms with van der Waals surface area (Å²) in [5.74, 6) is 0.941. The maximum absolute atomic E-state index is 11.9. The van der Waals surface area contributed by atoms with Crippen LogP contribution in [0.2, 0.25) is 0 Å². The number of aliphatic imine (C=N–C) groups is 1. The zero-order chi connectivity index (χ0) is 17.5. The van der Waals surface area contributed by atoms with E-state index in [0.717, 1.165) is 36.9 Å². The van der Waals surface area contributed by atoms with Crippen LogP contribution in [-0.2, 0) is 22.4 Å². The van der Waals surface area contributed by atoms with Crippen molar-refractivity contribution in [3.05, 3.63) is 16.1 Å². The molecule has 0 amide bonds. The van der Waals surface area contributed by atoms with Gasteiger partial charge in [0.25, 0.3) is 0 Å². The molecule has 7 heteroatoms. The molecule has 1 aliphatic rings. The number of esters is 1. The van der Waals surface area contributed by atoms with Crippen LogP contribution in [-0.4, -0.2) is 55.1 Å². The van der Waals surface area contributed by atoms with Crippen molar-refractivity contribution in [2.24, 2.45) is 16.8 Å². The third-order valence-corrected chi connectivity index (χ3v) is 5.49. The highest BCUT2D eigenvalue weighted by atomic mass is 32.1. The average molecular weight is 353 g/mol. The number of carbonyl (C=O) groups excluding carboxylic acids is 1. The average Bonchev–Trinajstić information content (AvgIpc) is 3.19. The molecule has 1 aromatic heterocycles. The maximum atomic E-state index is 11.9. The summed E-state index contributed by atoms with van der Waals surface area (Å²) < 4.78 is 4.91. The number of nitrogens with one attached hydrogen (secondary N) is 1. The zero-order valence-electron chi connectivity index (χ0n) is 15.0. The Hall–Kier alpha value is -1.63. The normalized spacial score (nSPS) is 21.2. The minimum absolute atomic E-state index is 0.0788. The molecule has 1 aliphatic heterocycles. The molecule has 1 fully saturated rings. The fourth-order valence-corrected chi connectivity index (χ4v) is 3.76. The predicted octanol–water partition coefficient (Wildman–Crippen LogP) is 1.95. The summed E-state index contributed by atoms with van der Waals surface area (Å²) in [5.41, 5.74) is 0. The minimum atomic E-state index is -0.129.